The predicted molar refractivity (Wildman–Crippen MR) is 63.5 cm³/mol. The van der Waals surface area contributed by atoms with Crippen molar-refractivity contribution in [2.75, 3.05) is 24.6 Å². The highest BCUT2D eigenvalue weighted by atomic mass is 16.5. The van der Waals surface area contributed by atoms with Gasteiger partial charge in [-0.1, -0.05) is 0 Å². The second kappa shape index (κ2) is 6.48. The third-order valence-corrected chi connectivity index (χ3v) is 2.21. The summed E-state index contributed by atoms with van der Waals surface area (Å²) in [4.78, 5) is 17.3. The Labute approximate surface area is 101 Å². The van der Waals surface area contributed by atoms with Crippen molar-refractivity contribution >= 4 is 11.8 Å². The maximum Gasteiger partial charge on any atom is 0.325 e. The highest BCUT2D eigenvalue weighted by Crippen LogP contribution is 2.10. The molecule has 0 amide bonds. The van der Waals surface area contributed by atoms with Crippen LogP contribution in [0.3, 0.4) is 0 Å². The van der Waals surface area contributed by atoms with Crippen LogP contribution in [0.25, 0.3) is 0 Å². The Morgan fingerprint density at radius 1 is 1.53 bits per heavy atom. The van der Waals surface area contributed by atoms with Gasteiger partial charge in [-0.2, -0.15) is 5.26 Å². The number of aromatic nitrogens is 1. The van der Waals surface area contributed by atoms with E-state index >= 15 is 0 Å². The number of likely N-dealkylation sites (N-methyl/N-ethyl adjacent to an activating group) is 1. The van der Waals surface area contributed by atoms with Crippen molar-refractivity contribution in [3.63, 3.8) is 0 Å². The van der Waals surface area contributed by atoms with E-state index in [-0.39, 0.29) is 12.5 Å². The molecule has 5 nitrogen and oxygen atoms in total. The molecular formula is C12H15N3O2. The molecule has 1 rings (SSSR count). The van der Waals surface area contributed by atoms with Gasteiger partial charge in [0.05, 0.1) is 12.2 Å². The molecule has 1 aromatic heterocycles. The molecule has 0 saturated heterocycles. The molecule has 0 atom stereocenters. The molecule has 0 spiro atoms. The average Bonchev–Trinajstić information content (AvgIpc) is 2.36. The molecule has 0 fully saturated rings. The quantitative estimate of drug-likeness (QED) is 0.718. The maximum atomic E-state index is 11.4. The highest BCUT2D eigenvalue weighted by molar-refractivity contribution is 5.75. The van der Waals surface area contributed by atoms with Crippen molar-refractivity contribution in [3.05, 3.63) is 23.9 Å². The molecule has 1 aromatic rings. The van der Waals surface area contributed by atoms with Crippen LogP contribution in [-0.4, -0.2) is 30.6 Å². The Bertz CT molecular complexity index is 409. The lowest BCUT2D eigenvalue weighted by Crippen LogP contribution is -2.31. The lowest BCUT2D eigenvalue weighted by molar-refractivity contribution is -0.141. The number of pyridine rings is 1. The van der Waals surface area contributed by atoms with Crippen LogP contribution >= 0.6 is 0 Å². The Hall–Kier alpha value is -2.09. The van der Waals surface area contributed by atoms with E-state index in [1.165, 1.54) is 6.20 Å². The minimum atomic E-state index is -0.277. The maximum absolute atomic E-state index is 11.4. The fourth-order valence-corrected chi connectivity index (χ4v) is 1.36. The first-order valence-corrected chi connectivity index (χ1v) is 5.48. The average molecular weight is 233 g/mol. The molecule has 0 saturated carbocycles. The van der Waals surface area contributed by atoms with Crippen LogP contribution in [-0.2, 0) is 9.53 Å². The molecule has 17 heavy (non-hydrogen) atoms. The third kappa shape index (κ3) is 3.76. The summed E-state index contributed by atoms with van der Waals surface area (Å²) < 4.78 is 4.88. The highest BCUT2D eigenvalue weighted by Gasteiger charge is 2.11. The van der Waals surface area contributed by atoms with Gasteiger partial charge >= 0.3 is 5.97 Å². The molecule has 0 aliphatic heterocycles. The molecule has 0 aliphatic carbocycles. The van der Waals surface area contributed by atoms with E-state index in [1.807, 2.05) is 13.0 Å². The molecule has 0 bridgehead atoms. The summed E-state index contributed by atoms with van der Waals surface area (Å²) >= 11 is 0. The molecular weight excluding hydrogens is 218 g/mol. The second-order valence-electron chi connectivity index (χ2n) is 3.34. The number of hydrogen-bond donors (Lipinski definition) is 0. The van der Waals surface area contributed by atoms with E-state index < -0.39 is 0 Å². The van der Waals surface area contributed by atoms with E-state index in [0.29, 0.717) is 24.5 Å². The van der Waals surface area contributed by atoms with Crippen LogP contribution < -0.4 is 4.90 Å². The summed E-state index contributed by atoms with van der Waals surface area (Å²) in [6, 6.07) is 5.40. The lowest BCUT2D eigenvalue weighted by atomic mass is 10.3. The normalized spacial score (nSPS) is 9.47. The summed E-state index contributed by atoms with van der Waals surface area (Å²) in [5, 5.41) is 8.66. The monoisotopic (exact) mass is 233 g/mol. The van der Waals surface area contributed by atoms with Crippen LogP contribution in [0, 0.1) is 11.3 Å². The Morgan fingerprint density at radius 3 is 2.76 bits per heavy atom. The van der Waals surface area contributed by atoms with Gasteiger partial charge in [0, 0.05) is 12.7 Å². The zero-order valence-electron chi connectivity index (χ0n) is 10.0. The van der Waals surface area contributed by atoms with E-state index in [1.54, 1.807) is 24.0 Å². The van der Waals surface area contributed by atoms with Crippen LogP contribution in [0.2, 0.25) is 0 Å². The van der Waals surface area contributed by atoms with Gasteiger partial charge in [-0.25, -0.2) is 4.98 Å². The molecule has 90 valence electrons. The number of rotatable bonds is 5. The van der Waals surface area contributed by atoms with Crippen LogP contribution in [0.15, 0.2) is 18.3 Å². The fraction of sp³-hybridized carbons (Fsp3) is 0.417. The Balaban J connectivity index is 2.72. The standard InChI is InChI=1S/C12H15N3O2/c1-3-15(9-12(16)17-4-2)11-6-5-10(7-13)8-14-11/h5-6,8H,3-4,9H2,1-2H3. The first-order chi connectivity index (χ1) is 8.21. The van der Waals surface area contributed by atoms with Crippen LogP contribution in [0.1, 0.15) is 19.4 Å². The number of carbonyl (C=O) groups is 1. The number of esters is 1. The number of anilines is 1. The van der Waals surface area contributed by atoms with Crippen molar-refractivity contribution in [3.8, 4) is 6.07 Å². The third-order valence-electron chi connectivity index (χ3n) is 2.21. The smallest absolute Gasteiger partial charge is 0.325 e. The summed E-state index contributed by atoms with van der Waals surface area (Å²) in [5.74, 6) is 0.389. The van der Waals surface area contributed by atoms with E-state index in [9.17, 15) is 4.79 Å². The summed E-state index contributed by atoms with van der Waals surface area (Å²) in [6.07, 6.45) is 1.49. The van der Waals surface area contributed by atoms with Crippen molar-refractivity contribution in [2.24, 2.45) is 0 Å². The fourth-order valence-electron chi connectivity index (χ4n) is 1.36. The first-order valence-electron chi connectivity index (χ1n) is 5.48. The van der Waals surface area contributed by atoms with Crippen molar-refractivity contribution in [1.82, 2.24) is 4.98 Å². The molecule has 0 aromatic carbocycles. The first kappa shape index (κ1) is 13.0. The van der Waals surface area contributed by atoms with Gasteiger partial charge in [-0.05, 0) is 26.0 Å². The molecule has 5 heteroatoms. The number of nitrogens with zero attached hydrogens (tertiary/aromatic N) is 3. The summed E-state index contributed by atoms with van der Waals surface area (Å²) in [5.41, 5.74) is 0.501. The van der Waals surface area contributed by atoms with Crippen molar-refractivity contribution < 1.29 is 9.53 Å². The second-order valence-corrected chi connectivity index (χ2v) is 3.34. The van der Waals surface area contributed by atoms with Gasteiger partial charge < -0.3 is 9.64 Å². The van der Waals surface area contributed by atoms with Gasteiger partial charge in [0.15, 0.2) is 0 Å². The molecule has 0 radical (unpaired) electrons. The van der Waals surface area contributed by atoms with Gasteiger partial charge in [0.25, 0.3) is 0 Å². The van der Waals surface area contributed by atoms with E-state index in [2.05, 4.69) is 4.98 Å². The molecule has 0 N–H and O–H groups in total. The lowest BCUT2D eigenvalue weighted by Gasteiger charge is -2.20. The van der Waals surface area contributed by atoms with Crippen molar-refractivity contribution in [1.29, 1.82) is 5.26 Å². The zero-order chi connectivity index (χ0) is 12.7. The molecule has 0 unspecified atom stereocenters. The van der Waals surface area contributed by atoms with Gasteiger partial charge in [0.2, 0.25) is 0 Å². The number of nitriles is 1. The number of carbonyl (C=O) groups excluding carboxylic acids is 1. The van der Waals surface area contributed by atoms with Crippen LogP contribution in [0.5, 0.6) is 0 Å². The minimum Gasteiger partial charge on any atom is -0.465 e. The SMILES string of the molecule is CCOC(=O)CN(CC)c1ccc(C#N)cn1. The van der Waals surface area contributed by atoms with E-state index in [4.69, 9.17) is 10.00 Å². The number of hydrogen-bond acceptors (Lipinski definition) is 5. The minimum absolute atomic E-state index is 0.170. The van der Waals surface area contributed by atoms with Crippen LogP contribution in [0.4, 0.5) is 5.82 Å². The zero-order valence-corrected chi connectivity index (χ0v) is 10.0. The molecule has 0 aliphatic rings. The topological polar surface area (TPSA) is 66.2 Å². The Kier molecular flexibility index (Phi) is 4.95. The molecule has 1 heterocycles. The van der Waals surface area contributed by atoms with Gasteiger partial charge in [-0.15, -0.1) is 0 Å². The van der Waals surface area contributed by atoms with Gasteiger partial charge in [0.1, 0.15) is 18.4 Å². The Morgan fingerprint density at radius 2 is 2.29 bits per heavy atom. The predicted octanol–water partition coefficient (Wildman–Crippen LogP) is 1.34. The van der Waals surface area contributed by atoms with Crippen molar-refractivity contribution in [2.45, 2.75) is 13.8 Å². The van der Waals surface area contributed by atoms with E-state index in [0.717, 1.165) is 0 Å². The largest absolute Gasteiger partial charge is 0.465 e. The van der Waals surface area contributed by atoms with Gasteiger partial charge in [-0.3, -0.25) is 4.79 Å². The summed E-state index contributed by atoms with van der Waals surface area (Å²) in [6.45, 7) is 4.89. The number of ether oxygens (including phenoxy) is 1. The summed E-state index contributed by atoms with van der Waals surface area (Å²) in [7, 11) is 0.